The molecule has 0 unspecified atom stereocenters. The van der Waals surface area contributed by atoms with Crippen molar-refractivity contribution in [1.29, 1.82) is 0 Å². The van der Waals surface area contributed by atoms with E-state index in [1.807, 2.05) is 33.8 Å². The van der Waals surface area contributed by atoms with Gasteiger partial charge in [0, 0.05) is 30.0 Å². The van der Waals surface area contributed by atoms with Gasteiger partial charge < -0.3 is 5.32 Å². The number of aryl methyl sites for hydroxylation is 1. The van der Waals surface area contributed by atoms with Gasteiger partial charge in [-0.2, -0.15) is 4.31 Å². The van der Waals surface area contributed by atoms with E-state index in [9.17, 15) is 13.2 Å². The zero-order valence-corrected chi connectivity index (χ0v) is 22.8. The van der Waals surface area contributed by atoms with Crippen molar-refractivity contribution in [2.45, 2.75) is 65.3 Å². The lowest BCUT2D eigenvalue weighted by atomic mass is 10.1. The Labute approximate surface area is 214 Å². The van der Waals surface area contributed by atoms with E-state index in [0.29, 0.717) is 29.4 Å². The van der Waals surface area contributed by atoms with E-state index in [-0.39, 0.29) is 17.3 Å². The summed E-state index contributed by atoms with van der Waals surface area (Å²) in [6.45, 7) is 11.2. The molecule has 0 aliphatic carbocycles. The quantitative estimate of drug-likeness (QED) is 0.427. The topological polar surface area (TPSA) is 79.4 Å². The van der Waals surface area contributed by atoms with E-state index >= 15 is 0 Å². The Bertz CT molecular complexity index is 1220. The van der Waals surface area contributed by atoms with E-state index < -0.39 is 10.0 Å². The van der Waals surface area contributed by atoms with Crippen LogP contribution in [-0.4, -0.2) is 36.7 Å². The Hall–Kier alpha value is -2.48. The van der Waals surface area contributed by atoms with E-state index in [2.05, 4.69) is 10.3 Å². The number of hydrogen-bond donors (Lipinski definition) is 1. The first-order valence-electron chi connectivity index (χ1n) is 12.3. The van der Waals surface area contributed by atoms with Crippen LogP contribution in [0.5, 0.6) is 0 Å². The molecular formula is C27H36ClN3O3S. The Morgan fingerprint density at radius 1 is 0.971 bits per heavy atom. The van der Waals surface area contributed by atoms with Gasteiger partial charge in [0.25, 0.3) is 5.91 Å². The second-order valence-corrected chi connectivity index (χ2v) is 10.1. The van der Waals surface area contributed by atoms with Crippen molar-refractivity contribution in [3.63, 3.8) is 0 Å². The minimum atomic E-state index is -3.46. The lowest BCUT2D eigenvalue weighted by Gasteiger charge is -2.25. The first-order valence-corrected chi connectivity index (χ1v) is 14.1. The van der Waals surface area contributed by atoms with Crippen molar-refractivity contribution in [1.82, 2.24) is 14.6 Å². The largest absolute Gasteiger partial charge is 0.348 e. The number of rotatable bonds is 5. The number of hydrogen-bond acceptors (Lipinski definition) is 4. The summed E-state index contributed by atoms with van der Waals surface area (Å²) in [5, 5.41) is 4.27. The third-order valence-electron chi connectivity index (χ3n) is 5.54. The molecule has 8 heteroatoms. The Morgan fingerprint density at radius 3 is 2.23 bits per heavy atom. The van der Waals surface area contributed by atoms with Crippen molar-refractivity contribution in [2.24, 2.45) is 0 Å². The summed E-state index contributed by atoms with van der Waals surface area (Å²) in [7, 11) is -3.46. The number of nitrogens with zero attached hydrogens (tertiary/aromatic N) is 2. The molecule has 1 fully saturated rings. The number of fused-ring (bicyclic) bond motifs is 1. The van der Waals surface area contributed by atoms with Crippen LogP contribution in [0.2, 0.25) is 5.02 Å². The van der Waals surface area contributed by atoms with E-state index in [0.717, 1.165) is 35.7 Å². The molecule has 4 rings (SSSR count). The first-order chi connectivity index (χ1) is 16.8. The molecular weight excluding hydrogens is 482 g/mol. The molecule has 1 saturated heterocycles. The molecule has 6 nitrogen and oxygen atoms in total. The van der Waals surface area contributed by atoms with Crippen LogP contribution in [0.1, 0.15) is 68.6 Å². The van der Waals surface area contributed by atoms with Gasteiger partial charge in [-0.1, -0.05) is 57.8 Å². The Morgan fingerprint density at radius 2 is 1.60 bits per heavy atom. The summed E-state index contributed by atoms with van der Waals surface area (Å²) in [4.78, 5) is 17.5. The molecule has 0 atom stereocenters. The third-order valence-corrected chi connectivity index (χ3v) is 7.69. The molecule has 0 radical (unpaired) electrons. The number of piperidine rings is 1. The summed E-state index contributed by atoms with van der Waals surface area (Å²) in [5.74, 6) is -0.239. The molecule has 1 amide bonds. The zero-order valence-electron chi connectivity index (χ0n) is 21.3. The first kappa shape index (κ1) is 28.8. The highest BCUT2D eigenvalue weighted by Crippen LogP contribution is 2.22. The molecule has 1 aliphatic heterocycles. The van der Waals surface area contributed by atoms with Crippen molar-refractivity contribution in [2.75, 3.05) is 13.1 Å². The van der Waals surface area contributed by atoms with Crippen molar-refractivity contribution in [3.8, 4) is 0 Å². The molecule has 0 saturated carbocycles. The molecule has 2 aromatic carbocycles. The summed E-state index contributed by atoms with van der Waals surface area (Å²) in [5.41, 5.74) is 2.72. The lowest BCUT2D eigenvalue weighted by molar-refractivity contribution is 0.0950. The number of halogens is 1. The van der Waals surface area contributed by atoms with Gasteiger partial charge in [0.05, 0.1) is 21.7 Å². The molecule has 35 heavy (non-hydrogen) atoms. The van der Waals surface area contributed by atoms with Gasteiger partial charge in [-0.15, -0.1) is 0 Å². The molecule has 1 aromatic heterocycles. The number of carbonyl (C=O) groups is 1. The molecule has 3 aromatic rings. The van der Waals surface area contributed by atoms with E-state index in [1.165, 1.54) is 0 Å². The minimum Gasteiger partial charge on any atom is -0.348 e. The van der Waals surface area contributed by atoms with Crippen LogP contribution < -0.4 is 5.32 Å². The fraction of sp³-hybridized carbons (Fsp3) is 0.407. The number of aromatic nitrogens is 1. The highest BCUT2D eigenvalue weighted by molar-refractivity contribution is 7.89. The normalized spacial score (nSPS) is 13.8. The number of pyridine rings is 1. The fourth-order valence-corrected chi connectivity index (χ4v) is 5.48. The van der Waals surface area contributed by atoms with Crippen LogP contribution in [0.15, 0.2) is 53.4 Å². The second-order valence-electron chi connectivity index (χ2n) is 7.75. The monoisotopic (exact) mass is 517 g/mol. The number of sulfonamides is 1. The highest BCUT2D eigenvalue weighted by Gasteiger charge is 2.25. The zero-order chi connectivity index (χ0) is 26.0. The average molecular weight is 518 g/mol. The summed E-state index contributed by atoms with van der Waals surface area (Å²) < 4.78 is 27.1. The standard InChI is InChI=1S/C23H24ClN3O3S.2C2H6/c1-16-21(14-18-13-19(24)7-10-22(18)26-16)23(28)25-15-17-5-8-20(9-6-17)31(29,30)27-11-3-2-4-12-27;2*1-2/h5-10,13-14H,2-4,11-12,15H2,1H3,(H,25,28);2*1-2H3. The maximum Gasteiger partial charge on any atom is 0.253 e. The Balaban J connectivity index is 0.00000103. The number of nitrogens with one attached hydrogen (secondary N) is 1. The van der Waals surface area contributed by atoms with Gasteiger partial charge in [0.2, 0.25) is 10.0 Å². The van der Waals surface area contributed by atoms with Crippen LogP contribution >= 0.6 is 11.6 Å². The maximum atomic E-state index is 12.8. The predicted molar refractivity (Wildman–Crippen MR) is 144 cm³/mol. The van der Waals surface area contributed by atoms with E-state index in [1.54, 1.807) is 53.7 Å². The van der Waals surface area contributed by atoms with Gasteiger partial charge in [0.15, 0.2) is 0 Å². The van der Waals surface area contributed by atoms with Crippen LogP contribution in [0.25, 0.3) is 10.9 Å². The van der Waals surface area contributed by atoms with Crippen LogP contribution in [0, 0.1) is 6.92 Å². The second kappa shape index (κ2) is 13.6. The molecule has 190 valence electrons. The van der Waals surface area contributed by atoms with Crippen molar-refractivity contribution < 1.29 is 13.2 Å². The number of amides is 1. The van der Waals surface area contributed by atoms with Gasteiger partial charge >= 0.3 is 0 Å². The lowest BCUT2D eigenvalue weighted by Crippen LogP contribution is -2.35. The molecule has 1 aliphatic rings. The van der Waals surface area contributed by atoms with Gasteiger partial charge in [-0.05, 0) is 61.7 Å². The van der Waals surface area contributed by atoms with Crippen LogP contribution in [0.3, 0.4) is 0 Å². The predicted octanol–water partition coefficient (Wildman–Crippen LogP) is 6.35. The third kappa shape index (κ3) is 7.26. The van der Waals surface area contributed by atoms with Gasteiger partial charge in [0.1, 0.15) is 0 Å². The molecule has 1 N–H and O–H groups in total. The summed E-state index contributed by atoms with van der Waals surface area (Å²) in [6, 6.07) is 13.9. The van der Waals surface area contributed by atoms with Crippen molar-refractivity contribution in [3.05, 3.63) is 70.4 Å². The number of benzene rings is 2. The number of carbonyl (C=O) groups excluding carboxylic acids is 1. The smallest absolute Gasteiger partial charge is 0.253 e. The summed E-state index contributed by atoms with van der Waals surface area (Å²) in [6.07, 6.45) is 2.88. The molecule has 0 spiro atoms. The van der Waals surface area contributed by atoms with Gasteiger partial charge in [-0.3, -0.25) is 9.78 Å². The van der Waals surface area contributed by atoms with Crippen LogP contribution in [0.4, 0.5) is 0 Å². The maximum absolute atomic E-state index is 12.8. The SMILES string of the molecule is CC.CC.Cc1nc2ccc(Cl)cc2cc1C(=O)NCc1ccc(S(=O)(=O)N2CCCCC2)cc1. The van der Waals surface area contributed by atoms with Crippen molar-refractivity contribution >= 4 is 38.4 Å². The molecule has 0 bridgehead atoms. The molecule has 2 heterocycles. The average Bonchev–Trinajstić information content (AvgIpc) is 2.90. The van der Waals surface area contributed by atoms with Gasteiger partial charge in [-0.25, -0.2) is 8.42 Å². The summed E-state index contributed by atoms with van der Waals surface area (Å²) >= 11 is 6.05. The Kier molecular flexibility index (Phi) is 11.1. The minimum absolute atomic E-state index is 0.239. The van der Waals surface area contributed by atoms with Crippen LogP contribution in [-0.2, 0) is 16.6 Å². The highest BCUT2D eigenvalue weighted by atomic mass is 35.5. The van der Waals surface area contributed by atoms with E-state index in [4.69, 9.17) is 11.6 Å². The fourth-order valence-electron chi connectivity index (χ4n) is 3.78.